The molecule has 0 saturated carbocycles. The van der Waals surface area contributed by atoms with Gasteiger partial charge in [0.1, 0.15) is 6.54 Å². The van der Waals surface area contributed by atoms with Crippen LogP contribution in [0.4, 0.5) is 11.4 Å². The van der Waals surface area contributed by atoms with Crippen molar-refractivity contribution in [2.45, 2.75) is 96.8 Å². The van der Waals surface area contributed by atoms with Crippen molar-refractivity contribution in [2.75, 3.05) is 18.0 Å². The van der Waals surface area contributed by atoms with Crippen LogP contribution < -0.4 is 4.90 Å². The molecular weight excluding hydrogens is 741 g/mol. The average molecular weight is 800 g/mol. The average Bonchev–Trinajstić information content (AvgIpc) is 3.77. The second-order valence-electron chi connectivity index (χ2n) is 18.5. The van der Waals surface area contributed by atoms with Crippen LogP contribution in [0.5, 0.6) is 0 Å². The highest BCUT2D eigenvalue weighted by atomic mass is 32.2. The Bertz CT molecular complexity index is 2610. The van der Waals surface area contributed by atoms with E-state index in [2.05, 4.69) is 162 Å². The Balaban J connectivity index is 1.23. The van der Waals surface area contributed by atoms with Crippen molar-refractivity contribution in [1.29, 1.82) is 0 Å². The van der Waals surface area contributed by atoms with Gasteiger partial charge >= 0.3 is 5.97 Å². The third-order valence-corrected chi connectivity index (χ3v) is 14.1. The Kier molecular flexibility index (Phi) is 11.1. The molecule has 2 heterocycles. The maximum Gasteiger partial charge on any atom is 0.335 e. The Morgan fingerprint density at radius 3 is 2.05 bits per heavy atom. The van der Waals surface area contributed by atoms with E-state index in [1.54, 1.807) is 23.9 Å². The normalized spacial score (nSPS) is 18.6. The lowest BCUT2D eigenvalue weighted by atomic mass is 9.79. The summed E-state index contributed by atoms with van der Waals surface area (Å²) >= 11 is 1.76. The molecule has 0 atom stereocenters. The quantitative estimate of drug-likeness (QED) is 0.128. The van der Waals surface area contributed by atoms with Gasteiger partial charge in [0.25, 0.3) is 0 Å². The van der Waals surface area contributed by atoms with Gasteiger partial charge in [-0.05, 0) is 126 Å². The van der Waals surface area contributed by atoms with Crippen molar-refractivity contribution in [3.05, 3.63) is 160 Å². The molecule has 1 aliphatic carbocycles. The third-order valence-electron chi connectivity index (χ3n) is 12.8. The SMILES string of the molecule is CC(C)CCN1/C(=C/C=C2\CCC(/C=C/C3=[N+](CCC(C)C)c4ccc5ccccc5c4C3(C)C)=C2Sc2ccc(C(=O)O)cc2)C(C)(C)c2c1ccc1ccccc21. The Morgan fingerprint density at radius 1 is 0.746 bits per heavy atom. The highest BCUT2D eigenvalue weighted by molar-refractivity contribution is 8.03. The van der Waals surface area contributed by atoms with Crippen LogP contribution in [0, 0.1) is 11.8 Å². The molecule has 5 heteroatoms. The van der Waals surface area contributed by atoms with E-state index in [0.29, 0.717) is 17.4 Å². The van der Waals surface area contributed by atoms with Crippen LogP contribution in [-0.2, 0) is 10.8 Å². The van der Waals surface area contributed by atoms with Gasteiger partial charge in [0, 0.05) is 57.3 Å². The lowest BCUT2D eigenvalue weighted by molar-refractivity contribution is -0.439. The van der Waals surface area contributed by atoms with Gasteiger partial charge in [0.15, 0.2) is 5.71 Å². The van der Waals surface area contributed by atoms with Gasteiger partial charge in [-0.25, -0.2) is 4.79 Å². The van der Waals surface area contributed by atoms with Gasteiger partial charge in [0.2, 0.25) is 5.69 Å². The lowest BCUT2D eigenvalue weighted by Gasteiger charge is -2.28. The summed E-state index contributed by atoms with van der Waals surface area (Å²) in [4.78, 5) is 16.7. The van der Waals surface area contributed by atoms with Crippen molar-refractivity contribution in [3.63, 3.8) is 0 Å². The minimum atomic E-state index is -0.903. The van der Waals surface area contributed by atoms with Crippen LogP contribution in [0.25, 0.3) is 21.5 Å². The molecule has 0 unspecified atom stereocenters. The fourth-order valence-electron chi connectivity index (χ4n) is 9.62. The highest BCUT2D eigenvalue weighted by Crippen LogP contribution is 2.52. The van der Waals surface area contributed by atoms with Crippen molar-refractivity contribution < 1.29 is 14.5 Å². The number of carboxylic acid groups (broad SMARTS) is 1. The zero-order valence-corrected chi connectivity index (χ0v) is 36.9. The molecule has 3 aliphatic rings. The molecule has 0 radical (unpaired) electrons. The molecule has 0 amide bonds. The maximum absolute atomic E-state index is 11.8. The molecule has 4 nitrogen and oxygen atoms in total. The number of rotatable bonds is 12. The van der Waals surface area contributed by atoms with Crippen LogP contribution >= 0.6 is 11.8 Å². The zero-order valence-electron chi connectivity index (χ0n) is 36.1. The summed E-state index contributed by atoms with van der Waals surface area (Å²) in [5.74, 6) is 0.292. The van der Waals surface area contributed by atoms with Crippen LogP contribution in [0.3, 0.4) is 0 Å². The maximum atomic E-state index is 11.8. The van der Waals surface area contributed by atoms with Crippen LogP contribution in [0.2, 0.25) is 0 Å². The first-order chi connectivity index (χ1) is 28.3. The molecule has 2 aliphatic heterocycles. The monoisotopic (exact) mass is 799 g/mol. The second-order valence-corrected chi connectivity index (χ2v) is 19.6. The first-order valence-corrected chi connectivity index (χ1v) is 22.4. The standard InChI is InChI=1S/C54H58N2O2S/c1-35(2)31-33-55-45-27-21-37-13-9-11-15-43(37)49(45)53(5,6)47(55)29-23-39-17-18-40(51(39)59-42-25-19-41(20-26-42)52(57)58)24-30-48-54(7,8)50-44-16-12-10-14-38(44)22-28-46(50)56(48)34-32-36(3)4/h9-16,19-30,35-36H,17-18,31-34H2,1-8H3/p+1. The number of thioether (sulfide) groups is 1. The summed E-state index contributed by atoms with van der Waals surface area (Å²) < 4.78 is 2.59. The first-order valence-electron chi connectivity index (χ1n) is 21.6. The summed E-state index contributed by atoms with van der Waals surface area (Å²) in [5.41, 5.74) is 10.7. The second kappa shape index (κ2) is 16.1. The number of hydrogen-bond acceptors (Lipinski definition) is 3. The summed E-state index contributed by atoms with van der Waals surface area (Å²) in [6.07, 6.45) is 13.7. The fraction of sp³-hybridized carbons (Fsp3) is 0.333. The highest BCUT2D eigenvalue weighted by Gasteiger charge is 2.46. The molecule has 5 aromatic rings. The molecule has 59 heavy (non-hydrogen) atoms. The van der Waals surface area contributed by atoms with Crippen molar-refractivity contribution >= 4 is 56.4 Å². The molecule has 8 rings (SSSR count). The van der Waals surface area contributed by atoms with Crippen molar-refractivity contribution in [2.24, 2.45) is 11.8 Å². The Labute approximate surface area is 355 Å². The summed E-state index contributed by atoms with van der Waals surface area (Å²) in [6.45, 7) is 20.8. The minimum absolute atomic E-state index is 0.182. The van der Waals surface area contributed by atoms with E-state index in [1.807, 2.05) is 12.1 Å². The predicted molar refractivity (Wildman–Crippen MR) is 251 cm³/mol. The predicted octanol–water partition coefficient (Wildman–Crippen LogP) is 14.2. The van der Waals surface area contributed by atoms with Gasteiger partial charge < -0.3 is 10.0 Å². The van der Waals surface area contributed by atoms with Crippen molar-refractivity contribution in [3.8, 4) is 0 Å². The Morgan fingerprint density at radius 2 is 1.39 bits per heavy atom. The first kappa shape index (κ1) is 40.6. The van der Waals surface area contributed by atoms with Crippen molar-refractivity contribution in [1.82, 2.24) is 0 Å². The van der Waals surface area contributed by atoms with Gasteiger partial charge in [-0.1, -0.05) is 120 Å². The Hall–Kier alpha value is -5.13. The van der Waals surface area contributed by atoms with E-state index in [1.165, 1.54) is 71.5 Å². The molecule has 302 valence electrons. The zero-order chi connectivity index (χ0) is 41.6. The summed E-state index contributed by atoms with van der Waals surface area (Å²) in [7, 11) is 0. The third kappa shape index (κ3) is 7.63. The molecule has 0 saturated heterocycles. The van der Waals surface area contributed by atoms with Gasteiger partial charge in [0.05, 0.1) is 11.0 Å². The summed E-state index contributed by atoms with van der Waals surface area (Å²) in [6, 6.07) is 34.2. The molecule has 5 aromatic carbocycles. The number of carbonyl (C=O) groups is 1. The number of carboxylic acids is 1. The number of benzene rings is 5. The molecule has 0 aromatic heterocycles. The van der Waals surface area contributed by atoms with E-state index in [0.717, 1.165) is 43.7 Å². The van der Waals surface area contributed by atoms with E-state index in [4.69, 9.17) is 0 Å². The molecule has 0 bridgehead atoms. The number of aromatic carboxylic acids is 1. The van der Waals surface area contributed by atoms with E-state index >= 15 is 0 Å². The number of anilines is 1. The smallest absolute Gasteiger partial charge is 0.335 e. The largest absolute Gasteiger partial charge is 0.478 e. The lowest BCUT2D eigenvalue weighted by Crippen LogP contribution is -2.28. The molecule has 0 spiro atoms. The molecule has 0 fully saturated rings. The van der Waals surface area contributed by atoms with Gasteiger partial charge in [-0.2, -0.15) is 4.58 Å². The van der Waals surface area contributed by atoms with Crippen LogP contribution in [0.15, 0.2) is 148 Å². The van der Waals surface area contributed by atoms with E-state index in [-0.39, 0.29) is 10.8 Å². The van der Waals surface area contributed by atoms with Gasteiger partial charge in [-0.15, -0.1) is 0 Å². The van der Waals surface area contributed by atoms with Gasteiger partial charge in [-0.3, -0.25) is 0 Å². The van der Waals surface area contributed by atoms with E-state index < -0.39 is 5.97 Å². The molecule has 1 N–H and O–H groups in total. The molecular formula is C54H59N2O2S+. The van der Waals surface area contributed by atoms with E-state index in [9.17, 15) is 9.90 Å². The number of hydrogen-bond donors (Lipinski definition) is 1. The number of allylic oxidation sites excluding steroid dienone is 7. The number of nitrogens with zero attached hydrogens (tertiary/aromatic N) is 2. The number of fused-ring (bicyclic) bond motifs is 6. The van der Waals surface area contributed by atoms with Crippen LogP contribution in [-0.4, -0.2) is 34.5 Å². The fourth-order valence-corrected chi connectivity index (χ4v) is 10.7. The topological polar surface area (TPSA) is 43.5 Å². The van der Waals surface area contributed by atoms with Crippen LogP contribution in [0.1, 0.15) is 103 Å². The minimum Gasteiger partial charge on any atom is -0.478 e. The summed E-state index contributed by atoms with van der Waals surface area (Å²) in [5, 5.41) is 14.9.